The molecule has 0 saturated heterocycles. The van der Waals surface area contributed by atoms with Crippen molar-refractivity contribution in [1.82, 2.24) is 0 Å². The fraction of sp³-hybridized carbons (Fsp3) is 0.176. The molecule has 1 unspecified atom stereocenters. The Morgan fingerprint density at radius 1 is 1.17 bits per heavy atom. The summed E-state index contributed by atoms with van der Waals surface area (Å²) in [6, 6.07) is 12.1. The quantitative estimate of drug-likeness (QED) is 0.585. The highest BCUT2D eigenvalue weighted by Gasteiger charge is 2.30. The number of halogens is 3. The van der Waals surface area contributed by atoms with Crippen LogP contribution in [-0.2, 0) is 17.6 Å². The van der Waals surface area contributed by atoms with Gasteiger partial charge in [-0.25, -0.2) is 0 Å². The second-order valence-electron chi connectivity index (χ2n) is 5.14. The molecule has 1 heterocycles. The first kappa shape index (κ1) is 16.6. The van der Waals surface area contributed by atoms with E-state index in [1.165, 1.54) is 18.3 Å². The van der Waals surface area contributed by atoms with E-state index in [1.807, 2.05) is 12.1 Å². The van der Waals surface area contributed by atoms with Crippen molar-refractivity contribution in [2.45, 2.75) is 18.0 Å². The van der Waals surface area contributed by atoms with Gasteiger partial charge in [-0.2, -0.15) is 13.2 Å². The van der Waals surface area contributed by atoms with Gasteiger partial charge in [0.1, 0.15) is 6.61 Å². The van der Waals surface area contributed by atoms with Gasteiger partial charge in [0.15, 0.2) is 0 Å². The van der Waals surface area contributed by atoms with Gasteiger partial charge in [0, 0.05) is 5.56 Å². The monoisotopic (exact) mass is 351 g/mol. The molecule has 24 heavy (non-hydrogen) atoms. The highest BCUT2D eigenvalue weighted by atomic mass is 32.2. The number of rotatable bonds is 4. The van der Waals surface area contributed by atoms with Crippen molar-refractivity contribution < 1.29 is 22.8 Å². The lowest BCUT2D eigenvalue weighted by Crippen LogP contribution is -2.05. The summed E-state index contributed by atoms with van der Waals surface area (Å²) in [4.78, 5) is 16.9. The van der Waals surface area contributed by atoms with Crippen LogP contribution in [0.25, 0.3) is 0 Å². The van der Waals surface area contributed by atoms with Crippen molar-refractivity contribution in [3.05, 3.63) is 70.8 Å². The maximum atomic E-state index is 12.6. The van der Waals surface area contributed by atoms with Gasteiger partial charge in [-0.05, 0) is 23.3 Å². The minimum atomic E-state index is -4.39. The molecule has 0 amide bonds. The Kier molecular flexibility index (Phi) is 4.62. The largest absolute Gasteiger partial charge is 0.416 e. The van der Waals surface area contributed by atoms with Gasteiger partial charge in [-0.3, -0.25) is 4.79 Å². The van der Waals surface area contributed by atoms with E-state index in [0.717, 1.165) is 29.5 Å². The number of thioether (sulfide) groups is 1. The topological polar surface area (TPSA) is 38.7 Å². The van der Waals surface area contributed by atoms with E-state index >= 15 is 0 Å². The summed E-state index contributed by atoms with van der Waals surface area (Å²) < 4.78 is 37.9. The van der Waals surface area contributed by atoms with Crippen LogP contribution in [0, 0.1) is 0 Å². The molecule has 1 atom stereocenters. The molecule has 0 spiro atoms. The molecule has 0 fully saturated rings. The molecule has 0 N–H and O–H groups in total. The van der Waals surface area contributed by atoms with Crippen LogP contribution in [0.4, 0.5) is 13.2 Å². The van der Waals surface area contributed by atoms with E-state index in [-0.39, 0.29) is 17.0 Å². The summed E-state index contributed by atoms with van der Waals surface area (Å²) in [5, 5.41) is 3.53. The maximum Gasteiger partial charge on any atom is 0.416 e. The van der Waals surface area contributed by atoms with Gasteiger partial charge in [0.05, 0.1) is 17.0 Å². The Balaban J connectivity index is 1.62. The summed E-state index contributed by atoms with van der Waals surface area (Å²) in [6.07, 6.45) is -2.90. The fourth-order valence-corrected chi connectivity index (χ4v) is 3.32. The Morgan fingerprint density at radius 2 is 1.96 bits per heavy atom. The van der Waals surface area contributed by atoms with E-state index in [9.17, 15) is 18.0 Å². The fourth-order valence-electron chi connectivity index (χ4n) is 2.33. The lowest BCUT2D eigenvalue weighted by Gasteiger charge is -2.08. The first-order valence-corrected chi connectivity index (χ1v) is 7.94. The highest BCUT2D eigenvalue weighted by Crippen LogP contribution is 2.40. The molecule has 1 aliphatic heterocycles. The molecule has 0 aromatic heterocycles. The van der Waals surface area contributed by atoms with Crippen LogP contribution in [0.15, 0.2) is 53.7 Å². The minimum Gasteiger partial charge on any atom is -0.391 e. The molecule has 0 bridgehead atoms. The summed E-state index contributed by atoms with van der Waals surface area (Å²) >= 11 is 1.13. The molecule has 0 aliphatic carbocycles. The highest BCUT2D eigenvalue weighted by molar-refractivity contribution is 8.15. The normalized spacial score (nSPS) is 17.3. The van der Waals surface area contributed by atoms with E-state index in [2.05, 4.69) is 5.16 Å². The molecule has 3 rings (SSSR count). The lowest BCUT2D eigenvalue weighted by molar-refractivity contribution is -0.137. The van der Waals surface area contributed by atoms with Crippen molar-refractivity contribution in [3.63, 3.8) is 0 Å². The number of oxime groups is 1. The number of alkyl halides is 3. The predicted molar refractivity (Wildman–Crippen MR) is 85.8 cm³/mol. The molecule has 3 nitrogen and oxygen atoms in total. The zero-order valence-electron chi connectivity index (χ0n) is 12.3. The average Bonchev–Trinajstić information content (AvgIpc) is 2.88. The maximum absolute atomic E-state index is 12.6. The zero-order chi connectivity index (χ0) is 17.2. The lowest BCUT2D eigenvalue weighted by atomic mass is 10.1. The molecule has 2 aromatic rings. The molecular formula is C17H12F3NO2S. The Hall–Kier alpha value is -2.28. The Morgan fingerprint density at radius 3 is 2.75 bits per heavy atom. The zero-order valence-corrected chi connectivity index (χ0v) is 13.1. The molecule has 2 aromatic carbocycles. The van der Waals surface area contributed by atoms with Gasteiger partial charge < -0.3 is 4.84 Å². The second kappa shape index (κ2) is 6.68. The summed E-state index contributed by atoms with van der Waals surface area (Å²) in [7, 11) is 0. The van der Waals surface area contributed by atoms with Crippen LogP contribution < -0.4 is 0 Å². The Bertz CT molecular complexity index is 789. The van der Waals surface area contributed by atoms with Crippen molar-refractivity contribution >= 4 is 23.1 Å². The number of nitrogens with zero attached hydrogens (tertiary/aromatic N) is 1. The molecular weight excluding hydrogens is 339 g/mol. The van der Waals surface area contributed by atoms with Crippen LogP contribution >= 0.6 is 11.8 Å². The molecule has 0 radical (unpaired) electrons. The van der Waals surface area contributed by atoms with Crippen LogP contribution in [-0.4, -0.2) is 11.3 Å². The standard InChI is InChI=1S/C17H12F3NO2S/c18-17(19,20)12-5-3-4-11(8-12)10-23-21-9-15-13-6-1-2-7-14(13)16(22)24-15/h1-9,15H,10H2. The average molecular weight is 351 g/mol. The smallest absolute Gasteiger partial charge is 0.391 e. The number of hydrogen-bond donors (Lipinski definition) is 0. The number of carbonyl (C=O) groups is 1. The molecule has 1 aliphatic rings. The van der Waals surface area contributed by atoms with Crippen LogP contribution in [0.5, 0.6) is 0 Å². The third kappa shape index (κ3) is 3.62. The van der Waals surface area contributed by atoms with Gasteiger partial charge in [-0.15, -0.1) is 0 Å². The van der Waals surface area contributed by atoms with Gasteiger partial charge in [0.25, 0.3) is 0 Å². The number of hydrogen-bond acceptors (Lipinski definition) is 4. The molecule has 7 heteroatoms. The van der Waals surface area contributed by atoms with Gasteiger partial charge in [0.2, 0.25) is 5.12 Å². The van der Waals surface area contributed by atoms with E-state index in [4.69, 9.17) is 4.84 Å². The Labute approximate surface area is 140 Å². The van der Waals surface area contributed by atoms with Crippen molar-refractivity contribution in [1.29, 1.82) is 0 Å². The van der Waals surface area contributed by atoms with Crippen molar-refractivity contribution in [2.75, 3.05) is 0 Å². The summed E-state index contributed by atoms with van der Waals surface area (Å²) in [5.74, 6) is 0. The van der Waals surface area contributed by atoms with Crippen molar-refractivity contribution in [3.8, 4) is 0 Å². The first-order chi connectivity index (χ1) is 11.4. The van der Waals surface area contributed by atoms with Gasteiger partial charge in [-0.1, -0.05) is 53.3 Å². The SMILES string of the molecule is O=C1SC(C=NOCc2cccc(C(F)(F)F)c2)c2ccccc21. The number of benzene rings is 2. The number of fused-ring (bicyclic) bond motifs is 1. The van der Waals surface area contributed by atoms with E-state index < -0.39 is 11.7 Å². The van der Waals surface area contributed by atoms with E-state index in [0.29, 0.717) is 11.1 Å². The van der Waals surface area contributed by atoms with Crippen molar-refractivity contribution in [2.24, 2.45) is 5.16 Å². The predicted octanol–water partition coefficient (Wildman–Crippen LogP) is 4.84. The first-order valence-electron chi connectivity index (χ1n) is 7.06. The van der Waals surface area contributed by atoms with Gasteiger partial charge >= 0.3 is 6.18 Å². The third-order valence-electron chi connectivity index (χ3n) is 3.48. The third-order valence-corrected chi connectivity index (χ3v) is 4.54. The second-order valence-corrected chi connectivity index (χ2v) is 6.25. The molecule has 0 saturated carbocycles. The van der Waals surface area contributed by atoms with Crippen LogP contribution in [0.2, 0.25) is 0 Å². The number of carbonyl (C=O) groups excluding carboxylic acids is 1. The van der Waals surface area contributed by atoms with E-state index in [1.54, 1.807) is 12.1 Å². The van der Waals surface area contributed by atoms with Crippen LogP contribution in [0.1, 0.15) is 32.3 Å². The van der Waals surface area contributed by atoms with Crippen LogP contribution in [0.3, 0.4) is 0 Å². The minimum absolute atomic E-state index is 0.0278. The summed E-state index contributed by atoms with van der Waals surface area (Å²) in [5.41, 5.74) is 1.16. The molecule has 124 valence electrons. The summed E-state index contributed by atoms with van der Waals surface area (Å²) in [6.45, 7) is -0.0760.